The Labute approximate surface area is 209 Å². The first-order chi connectivity index (χ1) is 14.7. The second-order valence-corrected chi connectivity index (χ2v) is 5.59. The first-order valence-electron chi connectivity index (χ1n) is 6.96. The van der Waals surface area contributed by atoms with E-state index in [1.807, 2.05) is 4.94 Å². The number of hydrogen-bond donors (Lipinski definition) is 1. The van der Waals surface area contributed by atoms with Crippen molar-refractivity contribution in [3.8, 4) is 0 Å². The molecule has 0 bridgehead atoms. The Balaban J connectivity index is -0.0000000431. The summed E-state index contributed by atoms with van der Waals surface area (Å²) in [4.78, 5) is 1.88. The van der Waals surface area contributed by atoms with Crippen LogP contribution in [0.5, 0.6) is 0 Å². The third-order valence-corrected chi connectivity index (χ3v) is 1.36. The van der Waals surface area contributed by atoms with E-state index in [4.69, 9.17) is 13.0 Å². The van der Waals surface area contributed by atoms with Crippen LogP contribution in [0.1, 0.15) is 43.1 Å². The summed E-state index contributed by atoms with van der Waals surface area (Å²) in [5.41, 5.74) is 0. The van der Waals surface area contributed by atoms with Crippen LogP contribution in [0.15, 0.2) is 0 Å². The molecule has 0 saturated carbocycles. The monoisotopic (exact) mass is 646 g/mol. The van der Waals surface area contributed by atoms with Crippen LogP contribution >= 0.6 is 0 Å². The van der Waals surface area contributed by atoms with Crippen LogP contribution in [0.4, 0.5) is 74.3 Å². The standard InChI is InChI=1S/C5H4F8O.C3H5F3.C2H2F4O.CH3F.4CH4.FHO3S/c6-2-5(12,13)14-4(10,11)1-3(7,8)9;1-3(5,6)2-4;3-1-2(4,5)7-6;1-2;;;;;1-5(2,3)4/h1-2H2;2H2,1H3;1H2;1H3;4*1H4;(H,2,3,4). The molecule has 0 saturated heterocycles. The molecule has 0 rings (SSSR count). The fourth-order valence-electron chi connectivity index (χ4n) is 0.536. The highest BCUT2D eigenvalue weighted by atomic mass is 32.3. The molecular weight excluding hydrogens is 615 g/mol. The SMILES string of the molecule is C.C.C.C.CC(F)(F)CF.CF.FCC(F)(F)OC(F)(F)CC(F)(F)F.FCC(F)(F)OF.O=S(=O)(O)F. The molecule has 38 heavy (non-hydrogen) atoms. The van der Waals surface area contributed by atoms with Crippen molar-refractivity contribution in [2.24, 2.45) is 0 Å². The smallest absolute Gasteiger partial charge is 0.260 e. The molecule has 1 N–H and O–H groups in total. The molecule has 0 aliphatic rings. The molecule has 23 heteroatoms. The maximum absolute atomic E-state index is 12.0. The van der Waals surface area contributed by atoms with Crippen molar-refractivity contribution < 1.29 is 96.9 Å². The van der Waals surface area contributed by atoms with Gasteiger partial charge in [-0.2, -0.15) is 47.9 Å². The third-order valence-electron chi connectivity index (χ3n) is 1.36. The molecule has 0 aliphatic heterocycles. The topological polar surface area (TPSA) is 72.8 Å². The molecular formula is C15H31F17O5S. The zero-order valence-corrected chi connectivity index (χ0v) is 17.1. The largest absolute Gasteiger partial charge is 0.435 e. The van der Waals surface area contributed by atoms with E-state index in [1.165, 1.54) is 0 Å². The Bertz CT molecular complexity index is 567. The predicted octanol–water partition coefficient (Wildman–Crippen LogP) is 9.06. The fraction of sp³-hybridized carbons (Fsp3) is 1.00. The highest BCUT2D eigenvalue weighted by Crippen LogP contribution is 2.36. The lowest BCUT2D eigenvalue weighted by atomic mass is 10.4. The molecule has 5 nitrogen and oxygen atoms in total. The van der Waals surface area contributed by atoms with Gasteiger partial charge in [0, 0.05) is 6.92 Å². The van der Waals surface area contributed by atoms with Crippen molar-refractivity contribution >= 4 is 10.5 Å². The number of halogens is 17. The van der Waals surface area contributed by atoms with Crippen molar-refractivity contribution in [1.29, 1.82) is 0 Å². The van der Waals surface area contributed by atoms with Gasteiger partial charge in [-0.3, -0.25) is 13.7 Å². The van der Waals surface area contributed by atoms with Crippen LogP contribution in [0.25, 0.3) is 0 Å². The molecule has 246 valence electrons. The summed E-state index contributed by atoms with van der Waals surface area (Å²) in [6, 6.07) is 0. The summed E-state index contributed by atoms with van der Waals surface area (Å²) < 4.78 is 214. The minimum atomic E-state index is -5.38. The summed E-state index contributed by atoms with van der Waals surface area (Å²) in [5, 5.41) is 0. The van der Waals surface area contributed by atoms with Crippen LogP contribution in [0, 0.1) is 0 Å². The summed E-state index contributed by atoms with van der Waals surface area (Å²) in [6.45, 7) is -5.79. The molecule has 0 fully saturated rings. The lowest BCUT2D eigenvalue weighted by Crippen LogP contribution is -2.37. The summed E-state index contributed by atoms with van der Waals surface area (Å²) >= 11 is 0. The number of ether oxygens (including phenoxy) is 1. The minimum absolute atomic E-state index is 0. The molecule has 0 heterocycles. The summed E-state index contributed by atoms with van der Waals surface area (Å²) in [6.07, 6.45) is -22.6. The van der Waals surface area contributed by atoms with E-state index in [0.29, 0.717) is 14.1 Å². The molecule has 0 radical (unpaired) electrons. The zero-order chi connectivity index (χ0) is 29.2. The molecule has 0 aromatic rings. The van der Waals surface area contributed by atoms with Crippen molar-refractivity contribution in [3.05, 3.63) is 0 Å². The lowest BCUT2D eigenvalue weighted by Gasteiger charge is -2.22. The number of alkyl halides is 15. The minimum Gasteiger partial charge on any atom is -0.260 e. The van der Waals surface area contributed by atoms with E-state index in [-0.39, 0.29) is 29.7 Å². The van der Waals surface area contributed by atoms with E-state index in [0.717, 1.165) is 0 Å². The second-order valence-electron chi connectivity index (χ2n) is 4.77. The van der Waals surface area contributed by atoms with Gasteiger partial charge in [-0.15, -0.1) is 4.94 Å². The summed E-state index contributed by atoms with van der Waals surface area (Å²) in [5.74, 6) is -3.12. The Kier molecular flexibility index (Phi) is 41.5. The van der Waals surface area contributed by atoms with E-state index in [9.17, 15) is 74.3 Å². The lowest BCUT2D eigenvalue weighted by molar-refractivity contribution is -0.395. The zero-order valence-electron chi connectivity index (χ0n) is 16.2. The van der Waals surface area contributed by atoms with Gasteiger partial charge >= 0.3 is 35.0 Å². The van der Waals surface area contributed by atoms with Crippen LogP contribution in [0.3, 0.4) is 0 Å². The van der Waals surface area contributed by atoms with Crippen molar-refractivity contribution in [2.75, 3.05) is 27.2 Å². The van der Waals surface area contributed by atoms with Crippen molar-refractivity contribution in [2.45, 2.75) is 73.5 Å². The van der Waals surface area contributed by atoms with Crippen LogP contribution < -0.4 is 0 Å². The van der Waals surface area contributed by atoms with Gasteiger partial charge in [0.2, 0.25) is 0 Å². The van der Waals surface area contributed by atoms with Crippen LogP contribution in [-0.4, -0.2) is 70.6 Å². The highest BCUT2D eigenvalue weighted by Gasteiger charge is 2.51. The Hall–Kier alpha value is -1.36. The first kappa shape index (κ1) is 60.9. The molecule has 0 aromatic heterocycles. The van der Waals surface area contributed by atoms with Gasteiger partial charge in [-0.05, 0) is 4.53 Å². The average Bonchev–Trinajstić information content (AvgIpc) is 2.59. The maximum Gasteiger partial charge on any atom is 0.435 e. The highest BCUT2D eigenvalue weighted by molar-refractivity contribution is 7.80. The normalized spacial score (nSPS) is 11.2. The van der Waals surface area contributed by atoms with E-state index < -0.39 is 67.4 Å². The predicted molar refractivity (Wildman–Crippen MR) is 104 cm³/mol. The first-order valence-corrected chi connectivity index (χ1v) is 8.30. The third kappa shape index (κ3) is 76.5. The van der Waals surface area contributed by atoms with Gasteiger partial charge < -0.3 is 0 Å². The number of rotatable bonds is 7. The molecule has 0 atom stereocenters. The molecule has 0 amide bonds. The molecule has 0 aromatic carbocycles. The summed E-state index contributed by atoms with van der Waals surface area (Å²) in [7, 11) is -4.67. The van der Waals surface area contributed by atoms with Crippen molar-refractivity contribution in [1.82, 2.24) is 0 Å². The number of hydrogen-bond acceptors (Lipinski definition) is 4. The van der Waals surface area contributed by atoms with E-state index in [1.54, 1.807) is 0 Å². The molecule has 0 aliphatic carbocycles. The Morgan fingerprint density at radius 1 is 0.658 bits per heavy atom. The van der Waals surface area contributed by atoms with Gasteiger partial charge in [0.25, 0.3) is 5.92 Å². The van der Waals surface area contributed by atoms with Gasteiger partial charge in [0.1, 0.15) is 6.42 Å². The van der Waals surface area contributed by atoms with Crippen LogP contribution in [-0.2, 0) is 20.2 Å². The van der Waals surface area contributed by atoms with Gasteiger partial charge in [0.05, 0.1) is 7.18 Å². The Morgan fingerprint density at radius 2 is 0.895 bits per heavy atom. The van der Waals surface area contributed by atoms with Gasteiger partial charge in [0.15, 0.2) is 20.0 Å². The quantitative estimate of drug-likeness (QED) is 0.170. The maximum atomic E-state index is 12.0. The Morgan fingerprint density at radius 3 is 1.00 bits per heavy atom. The van der Waals surface area contributed by atoms with Crippen molar-refractivity contribution in [3.63, 3.8) is 0 Å². The second kappa shape index (κ2) is 25.9. The van der Waals surface area contributed by atoms with Gasteiger partial charge in [-0.25, -0.2) is 22.0 Å². The molecule has 0 unspecified atom stereocenters. The average molecular weight is 646 g/mol. The van der Waals surface area contributed by atoms with E-state index in [2.05, 4.69) is 4.74 Å². The van der Waals surface area contributed by atoms with Gasteiger partial charge in [-0.1, -0.05) is 33.6 Å². The molecule has 0 spiro atoms. The van der Waals surface area contributed by atoms with Crippen LogP contribution in [0.2, 0.25) is 0 Å². The fourth-order valence-corrected chi connectivity index (χ4v) is 0.536. The van der Waals surface area contributed by atoms with E-state index >= 15 is 0 Å².